The minimum Gasteiger partial charge on any atom is -0.486 e. The second kappa shape index (κ2) is 6.09. The molecule has 0 spiro atoms. The monoisotopic (exact) mass is 328 g/mol. The first kappa shape index (κ1) is 14.9. The smallest absolute Gasteiger partial charge is 0.158 e. The summed E-state index contributed by atoms with van der Waals surface area (Å²) in [6.07, 6.45) is 4.15. The van der Waals surface area contributed by atoms with Gasteiger partial charge in [0.1, 0.15) is 29.5 Å². The van der Waals surface area contributed by atoms with Crippen LogP contribution in [0.5, 0.6) is 5.75 Å². The highest BCUT2D eigenvalue weighted by molar-refractivity contribution is 5.88. The minimum absolute atomic E-state index is 0.0622. The second-order valence-corrected chi connectivity index (χ2v) is 5.75. The molecule has 0 bridgehead atoms. The Hall–Kier alpha value is -2.67. The lowest BCUT2D eigenvalue weighted by atomic mass is 10.2. The maximum atomic E-state index is 13.7. The molecule has 24 heavy (non-hydrogen) atoms. The molecule has 7 heteroatoms. The summed E-state index contributed by atoms with van der Waals surface area (Å²) < 4.78 is 26.8. The van der Waals surface area contributed by atoms with Crippen LogP contribution in [0.1, 0.15) is 6.42 Å². The van der Waals surface area contributed by atoms with E-state index in [0.717, 1.165) is 17.5 Å². The fraction of sp³-hybridized carbons (Fsp3) is 0.294. The minimum atomic E-state index is -0.346. The van der Waals surface area contributed by atoms with E-state index in [1.165, 1.54) is 18.5 Å². The number of hydrogen-bond acceptors (Lipinski definition) is 5. The average Bonchev–Trinajstić information content (AvgIpc) is 3.21. The molecule has 3 aromatic rings. The highest BCUT2D eigenvalue weighted by Gasteiger charge is 2.19. The van der Waals surface area contributed by atoms with Crippen molar-refractivity contribution in [2.24, 2.45) is 7.05 Å². The standard InChI is InChI=1S/C17H17FN4O2/c1-22-6-4-14-16(22)17(20-10-19-14)21-13-3-2-11(18)8-15(13)24-12-5-7-23-9-12/h2-4,6,8,10,12H,5,7,9H2,1H3,(H,19,20,21)/t12-/m0/s1. The maximum Gasteiger partial charge on any atom is 0.158 e. The number of fused-ring (bicyclic) bond motifs is 1. The molecule has 1 atom stereocenters. The van der Waals surface area contributed by atoms with Crippen LogP contribution in [0, 0.1) is 5.82 Å². The van der Waals surface area contributed by atoms with Crippen LogP contribution in [0.2, 0.25) is 0 Å². The van der Waals surface area contributed by atoms with Gasteiger partial charge in [0.05, 0.1) is 24.4 Å². The Morgan fingerprint density at radius 2 is 2.25 bits per heavy atom. The fourth-order valence-electron chi connectivity index (χ4n) is 2.82. The topological polar surface area (TPSA) is 61.2 Å². The summed E-state index contributed by atoms with van der Waals surface area (Å²) >= 11 is 0. The van der Waals surface area contributed by atoms with Crippen molar-refractivity contribution in [2.75, 3.05) is 18.5 Å². The summed E-state index contributed by atoms with van der Waals surface area (Å²) in [5.74, 6) is 0.749. The molecule has 1 aromatic carbocycles. The van der Waals surface area contributed by atoms with Gasteiger partial charge in [0, 0.05) is 25.7 Å². The van der Waals surface area contributed by atoms with Crippen molar-refractivity contribution in [1.29, 1.82) is 0 Å². The number of aromatic nitrogens is 3. The zero-order valence-corrected chi connectivity index (χ0v) is 13.2. The third kappa shape index (κ3) is 2.78. The number of rotatable bonds is 4. The van der Waals surface area contributed by atoms with E-state index in [1.54, 1.807) is 6.07 Å². The normalized spacial score (nSPS) is 17.3. The van der Waals surface area contributed by atoms with Crippen molar-refractivity contribution in [1.82, 2.24) is 14.5 Å². The van der Waals surface area contributed by atoms with Gasteiger partial charge < -0.3 is 19.4 Å². The number of benzene rings is 1. The summed E-state index contributed by atoms with van der Waals surface area (Å²) in [6.45, 7) is 1.18. The molecular weight excluding hydrogens is 311 g/mol. The third-order valence-electron chi connectivity index (χ3n) is 4.04. The Balaban J connectivity index is 1.69. The number of nitrogens with one attached hydrogen (secondary N) is 1. The van der Waals surface area contributed by atoms with E-state index in [4.69, 9.17) is 9.47 Å². The van der Waals surface area contributed by atoms with Crippen LogP contribution in [-0.2, 0) is 11.8 Å². The Labute approximate surface area is 138 Å². The predicted molar refractivity (Wildman–Crippen MR) is 88.0 cm³/mol. The van der Waals surface area contributed by atoms with Gasteiger partial charge >= 0.3 is 0 Å². The van der Waals surface area contributed by atoms with Gasteiger partial charge in [-0.2, -0.15) is 0 Å². The first-order valence-electron chi connectivity index (χ1n) is 7.78. The molecular formula is C17H17FN4O2. The predicted octanol–water partition coefficient (Wildman–Crippen LogP) is 3.02. The van der Waals surface area contributed by atoms with Crippen LogP contribution in [0.4, 0.5) is 15.9 Å². The Bertz CT molecular complexity index is 874. The Morgan fingerprint density at radius 1 is 1.33 bits per heavy atom. The molecule has 2 aromatic heterocycles. The van der Waals surface area contributed by atoms with Gasteiger partial charge in [0.15, 0.2) is 5.82 Å². The number of aryl methyl sites for hydroxylation is 1. The Kier molecular flexibility index (Phi) is 3.78. The molecule has 1 saturated heterocycles. The molecule has 124 valence electrons. The lowest BCUT2D eigenvalue weighted by Crippen LogP contribution is -2.16. The van der Waals surface area contributed by atoms with Crippen LogP contribution < -0.4 is 10.1 Å². The van der Waals surface area contributed by atoms with Gasteiger partial charge in [-0.3, -0.25) is 0 Å². The molecule has 1 aliphatic heterocycles. The van der Waals surface area contributed by atoms with E-state index in [0.29, 0.717) is 30.5 Å². The summed E-state index contributed by atoms with van der Waals surface area (Å²) in [5, 5.41) is 3.24. The summed E-state index contributed by atoms with van der Waals surface area (Å²) in [6, 6.07) is 6.34. The molecule has 0 saturated carbocycles. The van der Waals surface area contributed by atoms with E-state index >= 15 is 0 Å². The SMILES string of the molecule is Cn1ccc2ncnc(Nc3ccc(F)cc3O[C@H]3CCOC3)c21. The molecule has 1 aliphatic rings. The van der Waals surface area contributed by atoms with Crippen molar-refractivity contribution < 1.29 is 13.9 Å². The van der Waals surface area contributed by atoms with Gasteiger partial charge in [-0.05, 0) is 18.2 Å². The summed E-state index contributed by atoms with van der Waals surface area (Å²) in [4.78, 5) is 8.56. The number of ether oxygens (including phenoxy) is 2. The Morgan fingerprint density at radius 3 is 3.08 bits per heavy atom. The van der Waals surface area contributed by atoms with Crippen molar-refractivity contribution in [3.63, 3.8) is 0 Å². The van der Waals surface area contributed by atoms with Crippen LogP contribution in [0.15, 0.2) is 36.8 Å². The van der Waals surface area contributed by atoms with E-state index in [2.05, 4.69) is 15.3 Å². The van der Waals surface area contributed by atoms with Gasteiger partial charge in [0.25, 0.3) is 0 Å². The largest absolute Gasteiger partial charge is 0.486 e. The van der Waals surface area contributed by atoms with Crippen molar-refractivity contribution >= 4 is 22.5 Å². The first-order chi connectivity index (χ1) is 11.7. The number of hydrogen-bond donors (Lipinski definition) is 1. The average molecular weight is 328 g/mol. The van der Waals surface area contributed by atoms with E-state index in [1.807, 2.05) is 23.9 Å². The molecule has 0 unspecified atom stereocenters. The van der Waals surface area contributed by atoms with Crippen LogP contribution in [0.3, 0.4) is 0 Å². The molecule has 6 nitrogen and oxygen atoms in total. The van der Waals surface area contributed by atoms with Crippen molar-refractivity contribution in [3.8, 4) is 5.75 Å². The van der Waals surface area contributed by atoms with Gasteiger partial charge in [0.2, 0.25) is 0 Å². The summed E-state index contributed by atoms with van der Waals surface area (Å²) in [5.41, 5.74) is 2.37. The zero-order valence-electron chi connectivity index (χ0n) is 13.2. The molecule has 1 N–H and O–H groups in total. The summed E-state index contributed by atoms with van der Waals surface area (Å²) in [7, 11) is 1.93. The maximum absolute atomic E-state index is 13.7. The molecule has 0 amide bonds. The third-order valence-corrected chi connectivity index (χ3v) is 4.04. The number of halogens is 1. The quantitative estimate of drug-likeness (QED) is 0.798. The van der Waals surface area contributed by atoms with Crippen molar-refractivity contribution in [3.05, 3.63) is 42.6 Å². The first-order valence-corrected chi connectivity index (χ1v) is 7.78. The lowest BCUT2D eigenvalue weighted by Gasteiger charge is -2.17. The highest BCUT2D eigenvalue weighted by Crippen LogP contribution is 2.32. The van der Waals surface area contributed by atoms with Crippen LogP contribution in [0.25, 0.3) is 11.0 Å². The fourth-order valence-corrected chi connectivity index (χ4v) is 2.82. The van der Waals surface area contributed by atoms with Gasteiger partial charge in [-0.15, -0.1) is 0 Å². The van der Waals surface area contributed by atoms with Crippen molar-refractivity contribution in [2.45, 2.75) is 12.5 Å². The van der Waals surface area contributed by atoms with Gasteiger partial charge in [-0.25, -0.2) is 14.4 Å². The molecule has 3 heterocycles. The molecule has 0 radical (unpaired) electrons. The number of anilines is 2. The van der Waals surface area contributed by atoms with E-state index < -0.39 is 0 Å². The second-order valence-electron chi connectivity index (χ2n) is 5.75. The van der Waals surface area contributed by atoms with E-state index in [9.17, 15) is 4.39 Å². The van der Waals surface area contributed by atoms with E-state index in [-0.39, 0.29) is 11.9 Å². The van der Waals surface area contributed by atoms with Crippen LogP contribution >= 0.6 is 0 Å². The molecule has 0 aliphatic carbocycles. The number of nitrogens with zero attached hydrogens (tertiary/aromatic N) is 3. The zero-order chi connectivity index (χ0) is 16.5. The highest BCUT2D eigenvalue weighted by atomic mass is 19.1. The lowest BCUT2D eigenvalue weighted by molar-refractivity contribution is 0.141. The molecule has 4 rings (SSSR count). The van der Waals surface area contributed by atoms with Gasteiger partial charge in [-0.1, -0.05) is 0 Å². The molecule has 1 fully saturated rings. The van der Waals surface area contributed by atoms with Crippen LogP contribution in [-0.4, -0.2) is 33.9 Å².